The largest absolute Gasteiger partial charge is 0.368 e. The van der Waals surface area contributed by atoms with Crippen LogP contribution in [0.25, 0.3) is 0 Å². The van der Waals surface area contributed by atoms with Crippen molar-refractivity contribution >= 4 is 17.6 Å². The number of anilines is 3. The molecule has 2 unspecified atom stereocenters. The lowest BCUT2D eigenvalue weighted by atomic mass is 9.97. The minimum atomic E-state index is 0.233. The number of hydrogen-bond acceptors (Lipinski definition) is 7. The summed E-state index contributed by atoms with van der Waals surface area (Å²) in [7, 11) is 0. The lowest BCUT2D eigenvalue weighted by molar-refractivity contribution is 0.188. The minimum absolute atomic E-state index is 0.233. The maximum atomic E-state index is 5.66. The molecule has 19 heavy (non-hydrogen) atoms. The Morgan fingerprint density at radius 2 is 2.05 bits per heavy atom. The van der Waals surface area contributed by atoms with Crippen LogP contribution in [0.4, 0.5) is 17.6 Å². The second kappa shape index (κ2) is 5.18. The fourth-order valence-electron chi connectivity index (χ4n) is 3.18. The van der Waals surface area contributed by atoms with Crippen molar-refractivity contribution in [1.29, 1.82) is 0 Å². The van der Waals surface area contributed by atoms with Crippen molar-refractivity contribution in [2.75, 3.05) is 29.6 Å². The summed E-state index contributed by atoms with van der Waals surface area (Å²) in [5.41, 5.74) is 8.16. The summed E-state index contributed by atoms with van der Waals surface area (Å²) in [6, 6.07) is 2.98. The smallest absolute Gasteiger partial charge is 0.223 e. The average molecular weight is 263 g/mol. The number of nitrogens with one attached hydrogen (secondary N) is 2. The maximum Gasteiger partial charge on any atom is 0.223 e. The lowest BCUT2D eigenvalue weighted by Crippen LogP contribution is -2.42. The Bertz CT molecular complexity index is 450. The Labute approximate surface area is 112 Å². The molecule has 0 aromatic carbocycles. The molecule has 2 aliphatic rings. The van der Waals surface area contributed by atoms with Gasteiger partial charge in [-0.05, 0) is 32.2 Å². The van der Waals surface area contributed by atoms with Gasteiger partial charge in [-0.1, -0.05) is 0 Å². The van der Waals surface area contributed by atoms with Crippen molar-refractivity contribution in [2.45, 2.75) is 37.8 Å². The minimum Gasteiger partial charge on any atom is -0.368 e. The first kappa shape index (κ1) is 12.4. The SMILES string of the molecule is NNc1cc(NC2CCN3CCCC3C2)nc(N)n1. The molecule has 2 atom stereocenters. The van der Waals surface area contributed by atoms with Gasteiger partial charge in [0, 0.05) is 24.7 Å². The zero-order valence-electron chi connectivity index (χ0n) is 11.0. The monoisotopic (exact) mass is 263 g/mol. The van der Waals surface area contributed by atoms with Crippen LogP contribution in [0, 0.1) is 0 Å². The first-order chi connectivity index (χ1) is 9.24. The predicted octanol–water partition coefficient (Wildman–Crippen LogP) is 0.383. The summed E-state index contributed by atoms with van der Waals surface area (Å²) < 4.78 is 0. The van der Waals surface area contributed by atoms with Gasteiger partial charge in [-0.2, -0.15) is 9.97 Å². The van der Waals surface area contributed by atoms with Gasteiger partial charge in [-0.25, -0.2) is 5.84 Å². The van der Waals surface area contributed by atoms with Gasteiger partial charge in [-0.15, -0.1) is 0 Å². The van der Waals surface area contributed by atoms with Crippen LogP contribution in [-0.4, -0.2) is 40.0 Å². The van der Waals surface area contributed by atoms with Gasteiger partial charge in [0.25, 0.3) is 0 Å². The van der Waals surface area contributed by atoms with Crippen molar-refractivity contribution in [3.8, 4) is 0 Å². The van der Waals surface area contributed by atoms with Crippen molar-refractivity contribution < 1.29 is 0 Å². The molecule has 3 heterocycles. The Kier molecular flexibility index (Phi) is 3.39. The molecule has 1 aromatic rings. The van der Waals surface area contributed by atoms with E-state index in [-0.39, 0.29) is 5.95 Å². The van der Waals surface area contributed by atoms with Gasteiger partial charge in [0.1, 0.15) is 11.6 Å². The Balaban J connectivity index is 1.66. The molecule has 2 saturated heterocycles. The summed E-state index contributed by atoms with van der Waals surface area (Å²) in [6.45, 7) is 2.43. The standard InChI is InChI=1S/C12H21N7/c13-12-16-10(7-11(17-12)18-14)15-8-3-5-19-4-1-2-9(19)6-8/h7-9H,1-6,14H2,(H4,13,15,16,17,18). The van der Waals surface area contributed by atoms with Crippen LogP contribution in [0.2, 0.25) is 0 Å². The first-order valence-electron chi connectivity index (χ1n) is 6.86. The number of nitrogens with zero attached hydrogens (tertiary/aromatic N) is 3. The third-order valence-electron chi connectivity index (χ3n) is 4.06. The molecule has 0 spiro atoms. The van der Waals surface area contributed by atoms with E-state index in [1.54, 1.807) is 6.07 Å². The highest BCUT2D eigenvalue weighted by Gasteiger charge is 2.31. The van der Waals surface area contributed by atoms with E-state index in [9.17, 15) is 0 Å². The van der Waals surface area contributed by atoms with Crippen molar-refractivity contribution in [3.63, 3.8) is 0 Å². The molecule has 0 amide bonds. The molecule has 7 heteroatoms. The third-order valence-corrected chi connectivity index (χ3v) is 4.06. The number of fused-ring (bicyclic) bond motifs is 1. The van der Waals surface area contributed by atoms with E-state index in [0.717, 1.165) is 18.3 Å². The molecule has 0 bridgehead atoms. The molecule has 3 rings (SSSR count). The van der Waals surface area contributed by atoms with E-state index in [1.165, 1.54) is 32.4 Å². The molecule has 0 radical (unpaired) electrons. The number of aromatic nitrogens is 2. The molecule has 2 aliphatic heterocycles. The van der Waals surface area contributed by atoms with Gasteiger partial charge in [0.2, 0.25) is 5.95 Å². The molecular formula is C12H21N7. The molecule has 2 fully saturated rings. The first-order valence-corrected chi connectivity index (χ1v) is 6.86. The van der Waals surface area contributed by atoms with Crippen LogP contribution in [-0.2, 0) is 0 Å². The molecule has 0 saturated carbocycles. The number of hydrazine groups is 1. The summed E-state index contributed by atoms with van der Waals surface area (Å²) >= 11 is 0. The second-order valence-corrected chi connectivity index (χ2v) is 5.34. The van der Waals surface area contributed by atoms with Crippen molar-refractivity contribution in [2.24, 2.45) is 5.84 Å². The Morgan fingerprint density at radius 1 is 1.21 bits per heavy atom. The van der Waals surface area contributed by atoms with Crippen LogP contribution >= 0.6 is 0 Å². The van der Waals surface area contributed by atoms with E-state index in [2.05, 4.69) is 25.6 Å². The van der Waals surface area contributed by atoms with E-state index in [1.807, 2.05) is 0 Å². The normalized spacial score (nSPS) is 27.0. The van der Waals surface area contributed by atoms with Gasteiger partial charge in [0.15, 0.2) is 0 Å². The zero-order chi connectivity index (χ0) is 13.2. The predicted molar refractivity (Wildman–Crippen MR) is 75.5 cm³/mol. The van der Waals surface area contributed by atoms with Gasteiger partial charge in [-0.3, -0.25) is 0 Å². The van der Waals surface area contributed by atoms with E-state index >= 15 is 0 Å². The molecule has 7 nitrogen and oxygen atoms in total. The molecule has 1 aromatic heterocycles. The summed E-state index contributed by atoms with van der Waals surface area (Å²) in [4.78, 5) is 10.8. The van der Waals surface area contributed by atoms with Crippen LogP contribution in [0.1, 0.15) is 25.7 Å². The van der Waals surface area contributed by atoms with Gasteiger partial charge >= 0.3 is 0 Å². The topological polar surface area (TPSA) is 105 Å². The maximum absolute atomic E-state index is 5.66. The number of piperidine rings is 1. The second-order valence-electron chi connectivity index (χ2n) is 5.34. The average Bonchev–Trinajstić information content (AvgIpc) is 2.85. The van der Waals surface area contributed by atoms with Crippen molar-refractivity contribution in [1.82, 2.24) is 14.9 Å². The lowest BCUT2D eigenvalue weighted by Gasteiger charge is -2.35. The van der Waals surface area contributed by atoms with Gasteiger partial charge < -0.3 is 21.4 Å². The number of hydrogen-bond donors (Lipinski definition) is 4. The molecule has 6 N–H and O–H groups in total. The summed E-state index contributed by atoms with van der Waals surface area (Å²) in [5.74, 6) is 6.88. The quantitative estimate of drug-likeness (QED) is 0.461. The highest BCUT2D eigenvalue weighted by atomic mass is 15.3. The van der Waals surface area contributed by atoms with Crippen LogP contribution < -0.4 is 22.3 Å². The third kappa shape index (κ3) is 2.71. The fraction of sp³-hybridized carbons (Fsp3) is 0.667. The van der Waals surface area contributed by atoms with Crippen molar-refractivity contribution in [3.05, 3.63) is 6.07 Å². The van der Waals surface area contributed by atoms with Crippen LogP contribution in [0.3, 0.4) is 0 Å². The zero-order valence-corrected chi connectivity index (χ0v) is 11.0. The molecule has 104 valence electrons. The Hall–Kier alpha value is -1.60. The summed E-state index contributed by atoms with van der Waals surface area (Å²) in [5, 5.41) is 3.46. The highest BCUT2D eigenvalue weighted by molar-refractivity contribution is 5.50. The van der Waals surface area contributed by atoms with E-state index < -0.39 is 0 Å². The number of rotatable bonds is 3. The number of nitrogens with two attached hydrogens (primary N) is 2. The molecule has 0 aliphatic carbocycles. The molecular weight excluding hydrogens is 242 g/mol. The highest BCUT2D eigenvalue weighted by Crippen LogP contribution is 2.28. The van der Waals surface area contributed by atoms with E-state index in [4.69, 9.17) is 11.6 Å². The Morgan fingerprint density at radius 3 is 2.89 bits per heavy atom. The van der Waals surface area contributed by atoms with Crippen LogP contribution in [0.15, 0.2) is 6.07 Å². The summed E-state index contributed by atoms with van der Waals surface area (Å²) in [6.07, 6.45) is 4.97. The van der Waals surface area contributed by atoms with Crippen LogP contribution in [0.5, 0.6) is 0 Å². The van der Waals surface area contributed by atoms with E-state index in [0.29, 0.717) is 11.9 Å². The van der Waals surface area contributed by atoms with Gasteiger partial charge in [0.05, 0.1) is 0 Å². The number of nitrogen functional groups attached to an aromatic ring is 2. The fourth-order valence-corrected chi connectivity index (χ4v) is 3.18.